The van der Waals surface area contributed by atoms with Crippen LogP contribution in [-0.2, 0) is 0 Å². The maximum absolute atomic E-state index is 11.9. The lowest BCUT2D eigenvalue weighted by Gasteiger charge is -2.46. The summed E-state index contributed by atoms with van der Waals surface area (Å²) in [4.78, 5) is 47.8. The molecule has 0 aromatic heterocycles. The molecule has 4 amide bonds. The average Bonchev–Trinajstić information content (AvgIpc) is 2.15. The Morgan fingerprint density at radius 1 is 0.938 bits per heavy atom. The Bertz CT molecular complexity index is 419. The van der Waals surface area contributed by atoms with E-state index in [-0.39, 0.29) is 0 Å². The molecular formula is C8H11N2O4P2+. The van der Waals surface area contributed by atoms with E-state index in [1.807, 2.05) is 9.39 Å². The molecule has 2 heterocycles. The van der Waals surface area contributed by atoms with Crippen molar-refractivity contribution in [3.05, 3.63) is 0 Å². The highest BCUT2D eigenvalue weighted by molar-refractivity contribution is 8.30. The van der Waals surface area contributed by atoms with Gasteiger partial charge in [-0.3, -0.25) is 0 Å². The minimum absolute atomic E-state index is 0.598. The third-order valence-electron chi connectivity index (χ3n) is 2.61. The highest BCUT2D eigenvalue weighted by Crippen LogP contribution is 2.80. The monoisotopic (exact) mass is 261 g/mol. The highest BCUT2D eigenvalue weighted by Gasteiger charge is 2.91. The third kappa shape index (κ3) is 0.950. The van der Waals surface area contributed by atoms with Gasteiger partial charge in [-0.2, -0.15) is 4.67 Å². The van der Waals surface area contributed by atoms with Crippen LogP contribution in [0.3, 0.4) is 0 Å². The first-order chi connectivity index (χ1) is 7.16. The molecule has 2 aliphatic heterocycles. The van der Waals surface area contributed by atoms with Crippen molar-refractivity contribution in [1.29, 1.82) is 0 Å². The SMILES string of the molecule is CC(C)(C)N1C(=O)[P+]2(C(=O)N(P)C2=O)C1=O. The molecule has 2 saturated heterocycles. The molecule has 0 N–H and O–H groups in total. The Kier molecular flexibility index (Phi) is 2.09. The van der Waals surface area contributed by atoms with Gasteiger partial charge in [-0.1, -0.05) is 0 Å². The Balaban J connectivity index is 2.39. The maximum atomic E-state index is 11.9. The van der Waals surface area contributed by atoms with Crippen molar-refractivity contribution in [3.8, 4) is 0 Å². The summed E-state index contributed by atoms with van der Waals surface area (Å²) >= 11 is 0. The molecule has 0 aromatic rings. The van der Waals surface area contributed by atoms with E-state index in [1.54, 1.807) is 20.8 Å². The van der Waals surface area contributed by atoms with Crippen molar-refractivity contribution < 1.29 is 19.2 Å². The second kappa shape index (κ2) is 2.88. The molecule has 86 valence electrons. The minimum Gasteiger partial charge on any atom is -0.224 e. The molecule has 8 heteroatoms. The van der Waals surface area contributed by atoms with Gasteiger partial charge >= 0.3 is 29.9 Å². The van der Waals surface area contributed by atoms with E-state index in [1.165, 1.54) is 0 Å². The Hall–Kier alpha value is -0.860. The number of hydrogen-bond acceptors (Lipinski definition) is 4. The second-order valence-electron chi connectivity index (χ2n) is 4.68. The number of imide groups is 2. The summed E-state index contributed by atoms with van der Waals surface area (Å²) in [5.74, 6) is 0. The molecule has 2 rings (SSSR count). The molecule has 1 spiro atoms. The van der Waals surface area contributed by atoms with Gasteiger partial charge in [0.05, 0.1) is 0 Å². The molecule has 1 atom stereocenters. The summed E-state index contributed by atoms with van der Waals surface area (Å²) in [6, 6.07) is 0. The summed E-state index contributed by atoms with van der Waals surface area (Å²) in [7, 11) is -1.42. The zero-order chi connectivity index (χ0) is 12.5. The van der Waals surface area contributed by atoms with E-state index in [0.29, 0.717) is 0 Å². The van der Waals surface area contributed by atoms with Gasteiger partial charge < -0.3 is 0 Å². The molecule has 0 saturated carbocycles. The van der Waals surface area contributed by atoms with E-state index >= 15 is 0 Å². The van der Waals surface area contributed by atoms with Crippen LogP contribution in [0, 0.1) is 0 Å². The number of rotatable bonds is 0. The van der Waals surface area contributed by atoms with E-state index in [4.69, 9.17) is 0 Å². The van der Waals surface area contributed by atoms with Gasteiger partial charge in [-0.25, -0.2) is 24.1 Å². The van der Waals surface area contributed by atoms with E-state index in [0.717, 1.165) is 9.57 Å². The lowest BCUT2D eigenvalue weighted by molar-refractivity contribution is 0.167. The number of hydrogen-bond donors (Lipinski definition) is 0. The normalized spacial score (nSPS) is 23.8. The molecule has 0 radical (unpaired) electrons. The topological polar surface area (TPSA) is 74.8 Å². The quantitative estimate of drug-likeness (QED) is 0.628. The highest BCUT2D eigenvalue weighted by atomic mass is 31.2. The van der Waals surface area contributed by atoms with Crippen LogP contribution < -0.4 is 0 Å². The van der Waals surface area contributed by atoms with Gasteiger partial charge in [0.25, 0.3) is 0 Å². The van der Waals surface area contributed by atoms with Gasteiger partial charge in [-0.05, 0) is 30.2 Å². The number of nitrogens with zero attached hydrogens (tertiary/aromatic N) is 2. The Labute approximate surface area is 94.9 Å². The molecule has 0 bridgehead atoms. The lowest BCUT2D eigenvalue weighted by Crippen LogP contribution is -2.67. The van der Waals surface area contributed by atoms with Gasteiger partial charge in [0.2, 0.25) is 0 Å². The van der Waals surface area contributed by atoms with E-state index < -0.39 is 35.4 Å². The van der Waals surface area contributed by atoms with Crippen LogP contribution in [0.15, 0.2) is 0 Å². The van der Waals surface area contributed by atoms with Crippen molar-refractivity contribution in [2.45, 2.75) is 26.3 Å². The van der Waals surface area contributed by atoms with Crippen molar-refractivity contribution in [3.63, 3.8) is 0 Å². The molecule has 1 unspecified atom stereocenters. The van der Waals surface area contributed by atoms with Crippen LogP contribution in [0.2, 0.25) is 0 Å². The molecule has 2 fully saturated rings. The maximum Gasteiger partial charge on any atom is 0.406 e. The Morgan fingerprint density at radius 3 is 1.62 bits per heavy atom. The molecule has 6 nitrogen and oxygen atoms in total. The summed E-state index contributed by atoms with van der Waals surface area (Å²) in [5, 5.41) is 0. The zero-order valence-corrected chi connectivity index (χ0v) is 11.1. The van der Waals surface area contributed by atoms with Gasteiger partial charge in [0, 0.05) is 5.54 Å². The van der Waals surface area contributed by atoms with Crippen LogP contribution in [0.5, 0.6) is 0 Å². The van der Waals surface area contributed by atoms with E-state index in [9.17, 15) is 19.2 Å². The van der Waals surface area contributed by atoms with Crippen LogP contribution in [0.1, 0.15) is 20.8 Å². The summed E-state index contributed by atoms with van der Waals surface area (Å²) in [6.45, 7) is 5.06. The van der Waals surface area contributed by atoms with Gasteiger partial charge in [0.1, 0.15) is 0 Å². The fraction of sp³-hybridized carbons (Fsp3) is 0.500. The largest absolute Gasteiger partial charge is 0.406 e. The molecule has 2 aliphatic rings. The first-order valence-corrected chi connectivity index (χ1v) is 6.89. The molecule has 16 heavy (non-hydrogen) atoms. The predicted octanol–water partition coefficient (Wildman–Crippen LogP) is 2.70. The first-order valence-electron chi connectivity index (χ1n) is 4.59. The standard InChI is InChI=1S/C8H11N2O4P2/c1-8(2,3)9-4(11)16(5(9)12)6(13)10(15)7(16)14/h15H2,1-3H3/q+1. The predicted molar refractivity (Wildman–Crippen MR) is 61.6 cm³/mol. The van der Waals surface area contributed by atoms with Crippen LogP contribution >= 0.6 is 16.7 Å². The smallest absolute Gasteiger partial charge is 0.224 e. The minimum atomic E-state index is -3.34. The van der Waals surface area contributed by atoms with Gasteiger partial charge in [-0.15, -0.1) is 0 Å². The second-order valence-corrected chi connectivity index (χ2v) is 8.07. The first kappa shape index (κ1) is 11.6. The molecular weight excluding hydrogens is 250 g/mol. The van der Waals surface area contributed by atoms with Crippen molar-refractivity contribution in [1.82, 2.24) is 9.57 Å². The zero-order valence-electron chi connectivity index (χ0n) is 9.05. The fourth-order valence-corrected chi connectivity index (χ4v) is 5.70. The van der Waals surface area contributed by atoms with Crippen molar-refractivity contribution >= 4 is 39.2 Å². The van der Waals surface area contributed by atoms with Crippen LogP contribution in [-0.4, -0.2) is 37.7 Å². The summed E-state index contributed by atoms with van der Waals surface area (Å²) in [6.07, 6.45) is 0. The molecule has 0 aliphatic carbocycles. The number of carbonyl (C=O) groups is 4. The van der Waals surface area contributed by atoms with Gasteiger partial charge in [0.15, 0.2) is 0 Å². The van der Waals surface area contributed by atoms with Crippen molar-refractivity contribution in [2.75, 3.05) is 0 Å². The summed E-state index contributed by atoms with van der Waals surface area (Å²) in [5.41, 5.74) is -3.16. The average molecular weight is 261 g/mol. The number of amides is 4. The summed E-state index contributed by atoms with van der Waals surface area (Å²) < 4.78 is 0.767. The Morgan fingerprint density at radius 2 is 1.31 bits per heavy atom. The molecule has 0 aromatic carbocycles. The number of carbonyl (C=O) groups excluding carboxylic acids is 4. The van der Waals surface area contributed by atoms with Crippen LogP contribution in [0.25, 0.3) is 0 Å². The fourth-order valence-electron chi connectivity index (χ4n) is 1.76. The van der Waals surface area contributed by atoms with Crippen LogP contribution in [0.4, 0.5) is 19.2 Å². The lowest BCUT2D eigenvalue weighted by atomic mass is 10.1. The van der Waals surface area contributed by atoms with E-state index in [2.05, 4.69) is 0 Å². The van der Waals surface area contributed by atoms with Crippen molar-refractivity contribution in [2.24, 2.45) is 0 Å². The third-order valence-corrected chi connectivity index (χ3v) is 6.64.